The van der Waals surface area contributed by atoms with E-state index >= 15 is 0 Å². The summed E-state index contributed by atoms with van der Waals surface area (Å²) < 4.78 is 24.9. The van der Waals surface area contributed by atoms with Crippen molar-refractivity contribution in [3.63, 3.8) is 0 Å². The van der Waals surface area contributed by atoms with Crippen LogP contribution >= 0.6 is 11.8 Å². The molecule has 1 fully saturated rings. The molecule has 2 aliphatic heterocycles. The van der Waals surface area contributed by atoms with Crippen LogP contribution in [0.15, 0.2) is 53.1 Å². The molecule has 2 heterocycles. The van der Waals surface area contributed by atoms with E-state index in [2.05, 4.69) is 6.07 Å². The van der Waals surface area contributed by atoms with E-state index in [0.717, 1.165) is 5.56 Å². The molecule has 8 heteroatoms. The lowest BCUT2D eigenvalue weighted by atomic mass is 9.86. The van der Waals surface area contributed by atoms with Crippen LogP contribution in [0.5, 0.6) is 11.5 Å². The summed E-state index contributed by atoms with van der Waals surface area (Å²) in [5.74, 6) is 0.791. The van der Waals surface area contributed by atoms with Crippen molar-refractivity contribution in [1.82, 2.24) is 4.90 Å². The summed E-state index contributed by atoms with van der Waals surface area (Å²) in [6.07, 6.45) is 0.160. The molecule has 1 saturated heterocycles. The van der Waals surface area contributed by atoms with E-state index in [4.69, 9.17) is 9.47 Å². The Bertz CT molecular complexity index is 1070. The zero-order valence-electron chi connectivity index (χ0n) is 16.6. The molecule has 2 aliphatic rings. The maximum Gasteiger partial charge on any atom is 0.229 e. The van der Waals surface area contributed by atoms with Crippen LogP contribution < -0.4 is 14.4 Å². The van der Waals surface area contributed by atoms with Crippen LogP contribution in [0.3, 0.4) is 0 Å². The SMILES string of the molecule is COc1ccc([C@@H]2CC(=O)N3CN(c4ccccc4F)CSC3=C2C#N)cc1OC. The van der Waals surface area contributed by atoms with Gasteiger partial charge in [0.05, 0.1) is 49.1 Å². The number of benzene rings is 2. The molecule has 0 spiro atoms. The number of carbonyl (C=O) groups excluding carboxylic acids is 1. The monoisotopic (exact) mass is 425 g/mol. The van der Waals surface area contributed by atoms with Gasteiger partial charge in [-0.25, -0.2) is 4.39 Å². The average molecular weight is 425 g/mol. The minimum absolute atomic E-state index is 0.0997. The first-order valence-electron chi connectivity index (χ1n) is 9.36. The van der Waals surface area contributed by atoms with Crippen LogP contribution in [0.25, 0.3) is 0 Å². The third-order valence-electron chi connectivity index (χ3n) is 5.30. The lowest BCUT2D eigenvalue weighted by Crippen LogP contribution is -2.47. The Morgan fingerprint density at radius 1 is 1.17 bits per heavy atom. The number of nitriles is 1. The number of anilines is 1. The average Bonchev–Trinajstić information content (AvgIpc) is 2.78. The van der Waals surface area contributed by atoms with Gasteiger partial charge in [0.15, 0.2) is 11.5 Å². The van der Waals surface area contributed by atoms with Gasteiger partial charge in [-0.1, -0.05) is 30.0 Å². The van der Waals surface area contributed by atoms with Gasteiger partial charge in [-0.15, -0.1) is 0 Å². The van der Waals surface area contributed by atoms with Crippen LogP contribution in [0.1, 0.15) is 17.9 Å². The van der Waals surface area contributed by atoms with E-state index in [0.29, 0.717) is 33.7 Å². The Labute approximate surface area is 178 Å². The molecule has 0 unspecified atom stereocenters. The highest BCUT2D eigenvalue weighted by Crippen LogP contribution is 2.44. The predicted octanol–water partition coefficient (Wildman–Crippen LogP) is 4.06. The highest BCUT2D eigenvalue weighted by molar-refractivity contribution is 8.03. The molecule has 154 valence electrons. The van der Waals surface area contributed by atoms with Crippen molar-refractivity contribution in [3.8, 4) is 17.6 Å². The summed E-state index contributed by atoms with van der Waals surface area (Å²) in [5.41, 5.74) is 1.80. The molecule has 1 atom stereocenters. The second-order valence-corrected chi connectivity index (χ2v) is 7.86. The molecule has 2 aromatic rings. The Kier molecular flexibility index (Phi) is 5.55. The summed E-state index contributed by atoms with van der Waals surface area (Å²) >= 11 is 1.38. The zero-order valence-corrected chi connectivity index (χ0v) is 17.4. The van der Waals surface area contributed by atoms with Gasteiger partial charge in [-0.2, -0.15) is 5.26 Å². The lowest BCUT2D eigenvalue weighted by Gasteiger charge is -2.42. The molecule has 0 saturated carbocycles. The Morgan fingerprint density at radius 3 is 2.63 bits per heavy atom. The van der Waals surface area contributed by atoms with Crippen LogP contribution in [0, 0.1) is 17.1 Å². The molecular weight excluding hydrogens is 405 g/mol. The molecule has 0 N–H and O–H groups in total. The fourth-order valence-corrected chi connectivity index (χ4v) is 4.94. The number of allylic oxidation sites excluding steroid dienone is 1. The quantitative estimate of drug-likeness (QED) is 0.736. The third kappa shape index (κ3) is 3.46. The Balaban J connectivity index is 1.68. The van der Waals surface area contributed by atoms with Crippen molar-refractivity contribution in [1.29, 1.82) is 5.26 Å². The number of para-hydroxylation sites is 1. The topological polar surface area (TPSA) is 65.8 Å². The van der Waals surface area contributed by atoms with Gasteiger partial charge in [0.2, 0.25) is 5.91 Å². The zero-order chi connectivity index (χ0) is 21.3. The number of amides is 1. The van der Waals surface area contributed by atoms with Gasteiger partial charge in [-0.3, -0.25) is 9.69 Å². The highest BCUT2D eigenvalue weighted by Gasteiger charge is 2.39. The van der Waals surface area contributed by atoms with E-state index < -0.39 is 0 Å². The standard InChI is InChI=1S/C22H20FN3O3S/c1-28-19-8-7-14(9-20(19)29-2)15-10-21(27)26-12-25(13-30-22(26)16(15)11-24)18-6-4-3-5-17(18)23/h3-9,15H,10,12-13H2,1-2H3/t15-/m0/s1. The summed E-state index contributed by atoms with van der Waals surface area (Å²) in [7, 11) is 3.11. The number of hydrogen-bond donors (Lipinski definition) is 0. The van der Waals surface area contributed by atoms with E-state index in [1.807, 2.05) is 12.1 Å². The summed E-state index contributed by atoms with van der Waals surface area (Å²) in [6, 6.07) is 14.2. The predicted molar refractivity (Wildman–Crippen MR) is 113 cm³/mol. The molecule has 0 bridgehead atoms. The van der Waals surface area contributed by atoms with Crippen molar-refractivity contribution in [2.75, 3.05) is 31.7 Å². The van der Waals surface area contributed by atoms with Crippen LogP contribution in [-0.4, -0.2) is 37.6 Å². The van der Waals surface area contributed by atoms with Gasteiger partial charge < -0.3 is 14.4 Å². The van der Waals surface area contributed by atoms with E-state index in [-0.39, 0.29) is 30.7 Å². The summed E-state index contributed by atoms with van der Waals surface area (Å²) in [4.78, 5) is 16.4. The smallest absolute Gasteiger partial charge is 0.229 e. The minimum Gasteiger partial charge on any atom is -0.493 e. The van der Waals surface area contributed by atoms with Crippen LogP contribution in [0.4, 0.5) is 10.1 Å². The molecule has 4 rings (SSSR count). The van der Waals surface area contributed by atoms with Crippen LogP contribution in [-0.2, 0) is 4.79 Å². The molecule has 30 heavy (non-hydrogen) atoms. The fourth-order valence-electron chi connectivity index (χ4n) is 3.78. The molecule has 0 aliphatic carbocycles. The Hall–Kier alpha value is -3.18. The number of thioether (sulfide) groups is 1. The van der Waals surface area contributed by atoms with Gasteiger partial charge in [0, 0.05) is 12.3 Å². The van der Waals surface area contributed by atoms with Crippen molar-refractivity contribution < 1.29 is 18.7 Å². The number of rotatable bonds is 4. The third-order valence-corrected chi connectivity index (χ3v) is 6.45. The van der Waals surface area contributed by atoms with Gasteiger partial charge >= 0.3 is 0 Å². The molecule has 1 amide bonds. The molecule has 0 radical (unpaired) electrons. The number of halogens is 1. The molecule has 6 nitrogen and oxygen atoms in total. The lowest BCUT2D eigenvalue weighted by molar-refractivity contribution is -0.129. The van der Waals surface area contributed by atoms with Gasteiger partial charge in [0.1, 0.15) is 5.82 Å². The van der Waals surface area contributed by atoms with Crippen molar-refractivity contribution in [2.24, 2.45) is 0 Å². The maximum absolute atomic E-state index is 14.2. The highest BCUT2D eigenvalue weighted by atomic mass is 32.2. The molecular formula is C22H20FN3O3S. The normalized spacial score (nSPS) is 18.7. The fraction of sp³-hybridized carbons (Fsp3) is 0.273. The largest absolute Gasteiger partial charge is 0.493 e. The number of hydrogen-bond acceptors (Lipinski definition) is 6. The second kappa shape index (κ2) is 8.28. The minimum atomic E-state index is -0.360. The number of fused-ring (bicyclic) bond motifs is 1. The molecule has 0 aromatic heterocycles. The number of ether oxygens (including phenoxy) is 2. The van der Waals surface area contributed by atoms with Crippen molar-refractivity contribution >= 4 is 23.4 Å². The van der Waals surface area contributed by atoms with Crippen molar-refractivity contribution in [3.05, 3.63) is 64.4 Å². The summed E-state index contributed by atoms with van der Waals surface area (Å²) in [5, 5.41) is 10.6. The summed E-state index contributed by atoms with van der Waals surface area (Å²) in [6.45, 7) is 0.214. The van der Waals surface area contributed by atoms with E-state index in [9.17, 15) is 14.4 Å². The van der Waals surface area contributed by atoms with Crippen molar-refractivity contribution in [2.45, 2.75) is 12.3 Å². The number of nitrogens with zero attached hydrogens (tertiary/aromatic N) is 3. The first-order chi connectivity index (χ1) is 14.6. The van der Waals surface area contributed by atoms with Gasteiger partial charge in [0.25, 0.3) is 0 Å². The number of methoxy groups -OCH3 is 2. The van der Waals surface area contributed by atoms with Crippen LogP contribution in [0.2, 0.25) is 0 Å². The first-order valence-corrected chi connectivity index (χ1v) is 10.3. The number of carbonyl (C=O) groups is 1. The second-order valence-electron chi connectivity index (χ2n) is 6.93. The Morgan fingerprint density at radius 2 is 1.93 bits per heavy atom. The maximum atomic E-state index is 14.2. The van der Waals surface area contributed by atoms with Gasteiger partial charge in [-0.05, 0) is 29.8 Å². The molecule has 2 aromatic carbocycles. The van der Waals surface area contributed by atoms with E-state index in [1.165, 1.54) is 17.8 Å². The van der Waals surface area contributed by atoms with E-state index in [1.54, 1.807) is 48.3 Å². The first kappa shape index (κ1) is 20.1.